The number of imide groups is 1. The van der Waals surface area contributed by atoms with Gasteiger partial charge in [-0.05, 0) is 60.8 Å². The lowest BCUT2D eigenvalue weighted by Gasteiger charge is -2.17. The summed E-state index contributed by atoms with van der Waals surface area (Å²) in [6, 6.07) is 15.4. The Hall–Kier alpha value is -3.43. The molecule has 3 amide bonds. The van der Waals surface area contributed by atoms with Crippen LogP contribution in [0.1, 0.15) is 29.8 Å². The van der Waals surface area contributed by atoms with Crippen molar-refractivity contribution in [2.45, 2.75) is 13.8 Å². The number of ether oxygens (including phenoxy) is 1. The highest BCUT2D eigenvalue weighted by Crippen LogP contribution is 2.32. The zero-order valence-electron chi connectivity index (χ0n) is 19.2. The molecule has 0 radical (unpaired) electrons. The third-order valence-electron chi connectivity index (χ3n) is 5.21. The number of nitrogens with one attached hydrogen (secondary N) is 1. The first-order valence-corrected chi connectivity index (χ1v) is 11.8. The van der Waals surface area contributed by atoms with E-state index in [0.717, 1.165) is 35.3 Å². The molecule has 178 valence electrons. The van der Waals surface area contributed by atoms with Crippen molar-refractivity contribution in [1.29, 1.82) is 0 Å². The fourth-order valence-electron chi connectivity index (χ4n) is 3.26. The number of nitrogens with zero attached hydrogens (tertiary/aromatic N) is 2. The number of likely N-dealkylation sites (N-methyl/N-ethyl adjacent to an activating group) is 1. The smallest absolute Gasteiger partial charge is 0.338 e. The van der Waals surface area contributed by atoms with E-state index in [1.807, 2.05) is 44.2 Å². The van der Waals surface area contributed by atoms with Gasteiger partial charge in [-0.15, -0.1) is 0 Å². The van der Waals surface area contributed by atoms with Crippen LogP contribution in [-0.4, -0.2) is 65.6 Å². The van der Waals surface area contributed by atoms with Gasteiger partial charge in [-0.3, -0.25) is 19.3 Å². The van der Waals surface area contributed by atoms with Crippen molar-refractivity contribution < 1.29 is 23.9 Å². The minimum absolute atomic E-state index is 0.271. The van der Waals surface area contributed by atoms with Crippen molar-refractivity contribution in [2.75, 3.05) is 38.1 Å². The largest absolute Gasteiger partial charge is 0.461 e. The van der Waals surface area contributed by atoms with Gasteiger partial charge in [0, 0.05) is 12.2 Å². The van der Waals surface area contributed by atoms with Crippen molar-refractivity contribution in [1.82, 2.24) is 9.80 Å². The average molecular weight is 482 g/mol. The number of hydrogen-bond acceptors (Lipinski definition) is 7. The summed E-state index contributed by atoms with van der Waals surface area (Å²) in [5.41, 5.74) is 1.61. The van der Waals surface area contributed by atoms with Gasteiger partial charge in [0.25, 0.3) is 11.1 Å². The number of carbonyl (C=O) groups is 4. The van der Waals surface area contributed by atoms with Crippen molar-refractivity contribution in [2.24, 2.45) is 0 Å². The Morgan fingerprint density at radius 2 is 1.71 bits per heavy atom. The lowest BCUT2D eigenvalue weighted by molar-refractivity contribution is -0.127. The number of anilines is 1. The molecular formula is C25H27N3O5S. The summed E-state index contributed by atoms with van der Waals surface area (Å²) in [5, 5.41) is 2.15. The highest BCUT2D eigenvalue weighted by atomic mass is 32.2. The molecule has 1 fully saturated rings. The van der Waals surface area contributed by atoms with Gasteiger partial charge < -0.3 is 15.0 Å². The molecular weight excluding hydrogens is 454 g/mol. The monoisotopic (exact) mass is 481 g/mol. The summed E-state index contributed by atoms with van der Waals surface area (Å²) >= 11 is 0.805. The van der Waals surface area contributed by atoms with Gasteiger partial charge in [0.2, 0.25) is 5.91 Å². The number of hydrogen-bond donors (Lipinski definition) is 1. The number of thioether (sulfide) groups is 1. The van der Waals surface area contributed by atoms with Crippen LogP contribution in [0.5, 0.6) is 0 Å². The second kappa shape index (κ2) is 12.2. The van der Waals surface area contributed by atoms with Crippen LogP contribution in [-0.2, 0) is 14.3 Å². The quantitative estimate of drug-likeness (QED) is 0.407. The molecule has 0 aromatic heterocycles. The summed E-state index contributed by atoms with van der Waals surface area (Å²) in [4.78, 5) is 52.8. The molecule has 8 nitrogen and oxygen atoms in total. The molecule has 9 heteroatoms. The molecule has 2 aromatic carbocycles. The summed E-state index contributed by atoms with van der Waals surface area (Å²) in [5.74, 6) is -1.46. The SMILES string of the molecule is CCN(CC)CCOC(=O)c1ccc(NC(=O)CN2C(=O)SC(=Cc3ccccc3)C2=O)cc1. The van der Waals surface area contributed by atoms with E-state index in [1.165, 1.54) is 0 Å². The van der Waals surface area contributed by atoms with Crippen molar-refractivity contribution in [3.05, 3.63) is 70.6 Å². The van der Waals surface area contributed by atoms with Gasteiger partial charge in [-0.1, -0.05) is 44.2 Å². The second-order valence-corrected chi connectivity index (χ2v) is 8.46. The molecule has 1 aliphatic heterocycles. The highest BCUT2D eigenvalue weighted by molar-refractivity contribution is 8.18. The number of esters is 1. The Bertz CT molecular complexity index is 1070. The Labute approximate surface area is 202 Å². The third-order valence-corrected chi connectivity index (χ3v) is 6.12. The minimum Gasteiger partial charge on any atom is -0.461 e. The third kappa shape index (κ3) is 6.79. The van der Waals surface area contributed by atoms with E-state index in [0.29, 0.717) is 24.4 Å². The molecule has 1 aliphatic rings. The molecule has 0 aliphatic carbocycles. The van der Waals surface area contributed by atoms with Crippen molar-refractivity contribution in [3.8, 4) is 0 Å². The Kier molecular flexibility index (Phi) is 9.00. The lowest BCUT2D eigenvalue weighted by Crippen LogP contribution is -2.36. The predicted octanol–water partition coefficient (Wildman–Crippen LogP) is 3.86. The van der Waals surface area contributed by atoms with E-state index in [2.05, 4.69) is 10.2 Å². The van der Waals surface area contributed by atoms with Gasteiger partial charge >= 0.3 is 5.97 Å². The van der Waals surface area contributed by atoms with Crippen LogP contribution in [0.4, 0.5) is 10.5 Å². The average Bonchev–Trinajstić information content (AvgIpc) is 3.10. The van der Waals surface area contributed by atoms with Crippen LogP contribution in [0.3, 0.4) is 0 Å². The molecule has 0 atom stereocenters. The van der Waals surface area contributed by atoms with Gasteiger partial charge in [0.1, 0.15) is 13.2 Å². The highest BCUT2D eigenvalue weighted by Gasteiger charge is 2.36. The van der Waals surface area contributed by atoms with Crippen LogP contribution in [0.15, 0.2) is 59.5 Å². The Morgan fingerprint density at radius 3 is 2.35 bits per heavy atom. The number of carbonyl (C=O) groups excluding carboxylic acids is 4. The fraction of sp³-hybridized carbons (Fsp3) is 0.280. The summed E-state index contributed by atoms with van der Waals surface area (Å²) in [6.45, 7) is 6.45. The number of benzene rings is 2. The summed E-state index contributed by atoms with van der Waals surface area (Å²) in [6.07, 6.45) is 1.63. The molecule has 0 bridgehead atoms. The van der Waals surface area contributed by atoms with Crippen LogP contribution in [0.2, 0.25) is 0 Å². The van der Waals surface area contributed by atoms with E-state index < -0.39 is 29.6 Å². The predicted molar refractivity (Wildman–Crippen MR) is 132 cm³/mol. The first-order chi connectivity index (χ1) is 16.4. The van der Waals surface area contributed by atoms with E-state index in [1.54, 1.807) is 30.3 Å². The lowest BCUT2D eigenvalue weighted by atomic mass is 10.2. The van der Waals surface area contributed by atoms with E-state index in [-0.39, 0.29) is 4.91 Å². The topological polar surface area (TPSA) is 96.0 Å². The van der Waals surface area contributed by atoms with Crippen molar-refractivity contribution in [3.63, 3.8) is 0 Å². The van der Waals surface area contributed by atoms with E-state index in [9.17, 15) is 19.2 Å². The van der Waals surface area contributed by atoms with Gasteiger partial charge in [0.15, 0.2) is 0 Å². The van der Waals surface area contributed by atoms with Gasteiger partial charge in [-0.25, -0.2) is 4.79 Å². The normalized spacial score (nSPS) is 14.7. The van der Waals surface area contributed by atoms with Crippen molar-refractivity contribution >= 4 is 46.5 Å². The van der Waals surface area contributed by atoms with E-state index >= 15 is 0 Å². The molecule has 3 rings (SSSR count). The maximum absolute atomic E-state index is 12.6. The Morgan fingerprint density at radius 1 is 1.03 bits per heavy atom. The number of rotatable bonds is 10. The molecule has 0 spiro atoms. The molecule has 0 saturated carbocycles. The molecule has 1 N–H and O–H groups in total. The van der Waals surface area contributed by atoms with Crippen LogP contribution in [0.25, 0.3) is 6.08 Å². The summed E-state index contributed by atoms with van der Waals surface area (Å²) < 4.78 is 5.29. The maximum atomic E-state index is 12.6. The maximum Gasteiger partial charge on any atom is 0.338 e. The fourth-order valence-corrected chi connectivity index (χ4v) is 4.10. The first kappa shape index (κ1) is 25.2. The van der Waals surface area contributed by atoms with Gasteiger partial charge in [-0.2, -0.15) is 0 Å². The Balaban J connectivity index is 1.52. The number of amides is 3. The van der Waals surface area contributed by atoms with Crippen LogP contribution < -0.4 is 5.32 Å². The van der Waals surface area contributed by atoms with Crippen LogP contribution in [0, 0.1) is 0 Å². The zero-order chi connectivity index (χ0) is 24.5. The molecule has 0 unspecified atom stereocenters. The van der Waals surface area contributed by atoms with E-state index in [4.69, 9.17) is 4.74 Å². The zero-order valence-corrected chi connectivity index (χ0v) is 20.0. The minimum atomic E-state index is -0.516. The first-order valence-electron chi connectivity index (χ1n) is 11.0. The van der Waals surface area contributed by atoms with Gasteiger partial charge in [0.05, 0.1) is 10.5 Å². The molecule has 2 aromatic rings. The summed E-state index contributed by atoms with van der Waals surface area (Å²) in [7, 11) is 0. The molecule has 1 heterocycles. The molecule has 34 heavy (non-hydrogen) atoms. The van der Waals surface area contributed by atoms with Crippen LogP contribution >= 0.6 is 11.8 Å². The molecule has 1 saturated heterocycles. The standard InChI is InChI=1S/C25H27N3O5S/c1-3-27(4-2)14-15-33-24(31)19-10-12-20(13-11-19)26-22(29)17-28-23(30)21(34-25(28)32)16-18-8-6-5-7-9-18/h5-13,16H,3-4,14-15,17H2,1-2H3,(H,26,29). The second-order valence-electron chi connectivity index (χ2n) is 7.47.